The van der Waals surface area contributed by atoms with E-state index in [-0.39, 0.29) is 0 Å². The Bertz CT molecular complexity index is 3380. The summed E-state index contributed by atoms with van der Waals surface area (Å²) in [6, 6.07) is 9.66. The minimum Gasteiger partial charge on any atom is -0.295 e. The van der Waals surface area contributed by atoms with Crippen LogP contribution < -0.4 is 0 Å². The number of likely N-dealkylation sites (tertiary alicyclic amines) is 1. The summed E-state index contributed by atoms with van der Waals surface area (Å²) in [5.41, 5.74) is 1.58. The molecule has 0 radical (unpaired) electrons. The minimum absolute atomic E-state index is 0.368. The van der Waals surface area contributed by atoms with Crippen LogP contribution in [-0.2, 0) is 0 Å². The highest BCUT2D eigenvalue weighted by molar-refractivity contribution is 6.65. The van der Waals surface area contributed by atoms with Crippen LogP contribution in [0.1, 0.15) is 500 Å². The summed E-state index contributed by atoms with van der Waals surface area (Å²) in [7, 11) is 0. The lowest BCUT2D eigenvalue weighted by molar-refractivity contribution is -0.162. The van der Waals surface area contributed by atoms with Crippen molar-refractivity contribution in [3.8, 4) is 0 Å². The molecular formula is C122H207BN4. The van der Waals surface area contributed by atoms with Crippen molar-refractivity contribution in [3.05, 3.63) is 0 Å². The standard InChI is InChI=1S/C122H207BN4/c1-119(2,3)90-65-87-51-52-88-66-91(120(4,5)6)74-105-100(68-89(67-90)114(87)115(88)105)86-57-63-106-110(69-86)126(117-101(82-39-23-15-24-40-82)70-92(121(7,8)9)71-102(117)83-41-25-16-26-42-83)112-76-97(124(94-58-53-80(54-59-94)78-35-19-13-20-36-78)95-60-55-81(56-61-95)79-37-21-14-22-38-79)77-113-116(112)123(106)107-64-62-96(125-108-49-33-31-47-98(108)99-48-32-34-50-109(99)125)75-111(107)127(113)118-103(84-43-27-17-28-44-84)72-93(122(10,11)12)73-104(118)85-45-29-18-30-46-85/h78-118H,13-77H2,1-12H3. The van der Waals surface area contributed by atoms with Gasteiger partial charge in [-0.05, 0) is 373 Å². The Morgan fingerprint density at radius 3 is 0.937 bits per heavy atom. The molecule has 0 amide bonds. The Hall–Kier alpha value is -0.0951. The maximum Gasteiger partial charge on any atom is 0.156 e. The van der Waals surface area contributed by atoms with E-state index in [0.717, 1.165) is 251 Å². The zero-order chi connectivity index (χ0) is 86.5. The fourth-order valence-corrected chi connectivity index (χ4v) is 43.7. The molecule has 3 heterocycles. The quantitative estimate of drug-likeness (QED) is 0.170. The number of rotatable bonds is 13. The predicted octanol–water partition coefficient (Wildman–Crippen LogP) is 33.1. The highest BCUT2D eigenvalue weighted by Crippen LogP contribution is 2.72. The lowest BCUT2D eigenvalue weighted by atomic mass is 9.18. The van der Waals surface area contributed by atoms with Gasteiger partial charge in [-0.1, -0.05) is 321 Å². The van der Waals surface area contributed by atoms with Crippen molar-refractivity contribution >= 4 is 6.71 Å². The largest absolute Gasteiger partial charge is 0.295 e. The fraction of sp³-hybridized carbons (Fsp3) is 1.00. The normalized spacial score (nSPS) is 48.2. The van der Waals surface area contributed by atoms with Gasteiger partial charge in [-0.15, -0.1) is 0 Å². The number of hydrogen-bond acceptors (Lipinski definition) is 4. The van der Waals surface area contributed by atoms with Crippen molar-refractivity contribution in [2.24, 2.45) is 176 Å². The third-order valence-electron chi connectivity index (χ3n) is 49.4. The van der Waals surface area contributed by atoms with Gasteiger partial charge in [0.25, 0.3) is 0 Å². The molecule has 718 valence electrons. The smallest absolute Gasteiger partial charge is 0.156 e. The van der Waals surface area contributed by atoms with E-state index in [9.17, 15) is 0 Å². The van der Waals surface area contributed by atoms with Gasteiger partial charge in [-0.25, -0.2) is 0 Å². The summed E-state index contributed by atoms with van der Waals surface area (Å²) in [5, 5.41) is 0. The van der Waals surface area contributed by atoms with Gasteiger partial charge < -0.3 is 0 Å². The molecule has 0 spiro atoms. The Labute approximate surface area is 787 Å². The summed E-state index contributed by atoms with van der Waals surface area (Å²) in [5.74, 6) is 27.5. The van der Waals surface area contributed by atoms with Crippen molar-refractivity contribution in [1.29, 1.82) is 0 Å². The monoisotopic (exact) mass is 1740 g/mol. The van der Waals surface area contributed by atoms with Crippen molar-refractivity contribution < 1.29 is 0 Å². The second kappa shape index (κ2) is 38.2. The summed E-state index contributed by atoms with van der Waals surface area (Å²) < 4.78 is 0. The van der Waals surface area contributed by atoms with E-state index in [0.29, 0.717) is 21.7 Å². The Morgan fingerprint density at radius 2 is 0.520 bits per heavy atom. The number of hydrogen-bond donors (Lipinski definition) is 0. The molecule has 127 heavy (non-hydrogen) atoms. The van der Waals surface area contributed by atoms with Gasteiger partial charge in [0.15, 0.2) is 6.71 Å². The molecule has 4 nitrogen and oxygen atoms in total. The third-order valence-corrected chi connectivity index (χ3v) is 49.4. The van der Waals surface area contributed by atoms with Crippen molar-refractivity contribution in [3.63, 3.8) is 0 Å². The molecule has 3 aliphatic heterocycles. The van der Waals surface area contributed by atoms with E-state index in [1.165, 1.54) is 141 Å². The third kappa shape index (κ3) is 17.9. The van der Waals surface area contributed by atoms with E-state index >= 15 is 0 Å². The van der Waals surface area contributed by atoms with Gasteiger partial charge in [0.05, 0.1) is 0 Å². The summed E-state index contributed by atoms with van der Waals surface area (Å²) in [6.45, 7) is 34.3. The van der Waals surface area contributed by atoms with Crippen molar-refractivity contribution in [2.45, 2.75) is 590 Å². The van der Waals surface area contributed by atoms with Crippen LogP contribution in [0.15, 0.2) is 0 Å². The van der Waals surface area contributed by atoms with Gasteiger partial charge >= 0.3 is 0 Å². The molecule has 5 heteroatoms. The van der Waals surface area contributed by atoms with E-state index in [4.69, 9.17) is 0 Å². The minimum atomic E-state index is 0.368. The van der Waals surface area contributed by atoms with Crippen LogP contribution in [0, 0.1) is 176 Å². The number of fused-ring (bicyclic) bond motifs is 7. The van der Waals surface area contributed by atoms with Crippen LogP contribution in [0.5, 0.6) is 0 Å². The van der Waals surface area contributed by atoms with Gasteiger partial charge in [-0.3, -0.25) is 19.6 Å². The maximum absolute atomic E-state index is 4.15. The van der Waals surface area contributed by atoms with Crippen LogP contribution in [0.3, 0.4) is 0 Å². The fourth-order valence-electron chi connectivity index (χ4n) is 43.7. The molecule has 0 N–H and O–H groups in total. The SMILES string of the molecule is CC(C)(C)C1CC2CCC3CC(C(C)(C)C)CC4C(C5CCC6B7C8CCC(N9C%10CCCCC%10C%10CCCCC%109)CC8N(C8C(C9CCCCC9)CC(C(C)(C)C)CC8C8CCCCC8)C8CC(N(C9CCC(C%10CCCCC%10)CC9)C9CCC(C%10CCCCC%10)CC9)CC(C78)N(C7C(C8CCCCC8)CC(C(C)(C)C)CC7C7CCCCC7)C6C5)CC(C1)C2C34. The number of nitrogens with zero attached hydrogens (tertiary/aromatic N) is 4. The lowest BCUT2D eigenvalue weighted by Gasteiger charge is -2.73. The van der Waals surface area contributed by atoms with E-state index in [1.807, 2.05) is 0 Å². The van der Waals surface area contributed by atoms with Gasteiger partial charge in [0.2, 0.25) is 0 Å². The summed E-state index contributed by atoms with van der Waals surface area (Å²) >= 11 is 0. The first kappa shape index (κ1) is 92.0. The van der Waals surface area contributed by atoms with Crippen LogP contribution in [0.2, 0.25) is 17.5 Å². The molecule has 19 aliphatic carbocycles. The van der Waals surface area contributed by atoms with Gasteiger partial charge in [0.1, 0.15) is 0 Å². The van der Waals surface area contributed by atoms with Crippen LogP contribution >= 0.6 is 0 Å². The first-order valence-electron chi connectivity index (χ1n) is 60.6. The van der Waals surface area contributed by atoms with E-state index < -0.39 is 0 Å². The van der Waals surface area contributed by atoms with Gasteiger partial charge in [-0.2, -0.15) is 0 Å². The highest BCUT2D eigenvalue weighted by Gasteiger charge is 2.71. The molecule has 27 atom stereocenters. The van der Waals surface area contributed by atoms with Crippen LogP contribution in [0.25, 0.3) is 0 Å². The van der Waals surface area contributed by atoms with E-state index in [2.05, 4.69) is 103 Å². The molecule has 0 aromatic rings. The first-order valence-corrected chi connectivity index (χ1v) is 60.6. The van der Waals surface area contributed by atoms with Gasteiger partial charge in [0, 0.05) is 72.5 Å². The zero-order valence-electron chi connectivity index (χ0n) is 86.0. The molecule has 0 bridgehead atoms. The average molecular weight is 1740 g/mol. The summed E-state index contributed by atoms with van der Waals surface area (Å²) in [4.78, 5) is 15.7. The highest BCUT2D eigenvalue weighted by atomic mass is 15.3. The second-order valence-corrected chi connectivity index (χ2v) is 58.6. The molecule has 19 saturated carbocycles. The molecule has 22 fully saturated rings. The first-order chi connectivity index (χ1) is 61.5. The Morgan fingerprint density at radius 1 is 0.197 bits per heavy atom. The average Bonchev–Trinajstić information content (AvgIpc) is 1.05. The molecule has 22 aliphatic rings. The van der Waals surface area contributed by atoms with Crippen LogP contribution in [-0.4, -0.2) is 98.8 Å². The molecule has 3 saturated heterocycles. The zero-order valence-corrected chi connectivity index (χ0v) is 86.0. The molecule has 27 unspecified atom stereocenters. The Kier molecular flexibility index (Phi) is 27.6. The van der Waals surface area contributed by atoms with Crippen molar-refractivity contribution in [2.75, 3.05) is 0 Å². The topological polar surface area (TPSA) is 13.0 Å². The molecule has 0 aromatic carbocycles. The second-order valence-electron chi connectivity index (χ2n) is 58.6. The molecule has 0 aromatic heterocycles. The predicted molar refractivity (Wildman–Crippen MR) is 538 cm³/mol. The van der Waals surface area contributed by atoms with Crippen LogP contribution in [0.4, 0.5) is 0 Å². The van der Waals surface area contributed by atoms with E-state index in [1.54, 1.807) is 276 Å². The lowest BCUT2D eigenvalue weighted by Crippen LogP contribution is -2.78. The Balaban J connectivity index is 0.756. The molecular weight excluding hydrogens is 1530 g/mol. The summed E-state index contributed by atoms with van der Waals surface area (Å²) in [6.07, 6.45) is 102. The van der Waals surface area contributed by atoms with Crippen molar-refractivity contribution in [1.82, 2.24) is 19.6 Å². The maximum atomic E-state index is 4.15. The molecule has 22 rings (SSSR count).